The minimum Gasteiger partial charge on any atom is -0.508 e. The number of fused-ring (bicyclic) bond motifs is 1. The van der Waals surface area contributed by atoms with Gasteiger partial charge in [-0.3, -0.25) is 9.80 Å². The number of hydrogen-bond acceptors (Lipinski definition) is 5. The lowest BCUT2D eigenvalue weighted by atomic mass is 9.91. The first-order chi connectivity index (χ1) is 8.79. The Labute approximate surface area is 105 Å². The third-order valence-electron chi connectivity index (χ3n) is 3.63. The van der Waals surface area contributed by atoms with E-state index in [1.165, 1.54) is 0 Å². The van der Waals surface area contributed by atoms with Gasteiger partial charge in [0.15, 0.2) is 6.29 Å². The van der Waals surface area contributed by atoms with E-state index in [2.05, 4.69) is 5.10 Å². The van der Waals surface area contributed by atoms with Crippen LogP contribution in [0.5, 0.6) is 0 Å². The number of hydrogen-bond donors (Lipinski definition) is 1. The lowest BCUT2D eigenvalue weighted by Crippen LogP contribution is -2.42. The van der Waals surface area contributed by atoms with E-state index < -0.39 is 0 Å². The summed E-state index contributed by atoms with van der Waals surface area (Å²) >= 11 is 0. The van der Waals surface area contributed by atoms with Gasteiger partial charge >= 0.3 is 0 Å². The molecule has 0 saturated carbocycles. The molecule has 3 rings (SSSR count). The van der Waals surface area contributed by atoms with Gasteiger partial charge in [-0.2, -0.15) is 5.10 Å². The van der Waals surface area contributed by atoms with E-state index in [-0.39, 0.29) is 23.9 Å². The quantitative estimate of drug-likeness (QED) is 0.750. The summed E-state index contributed by atoms with van der Waals surface area (Å²) in [4.78, 5) is 11.1. The van der Waals surface area contributed by atoms with Crippen molar-refractivity contribution in [2.24, 2.45) is 11.0 Å². The largest absolute Gasteiger partial charge is 0.508 e. The summed E-state index contributed by atoms with van der Waals surface area (Å²) in [6.07, 6.45) is 9.07. The smallest absolute Gasteiger partial charge is 0.166 e. The molecule has 5 heteroatoms. The van der Waals surface area contributed by atoms with Gasteiger partial charge in [-0.25, -0.2) is 0 Å². The molecule has 1 N–H and O–H groups in total. The molecule has 5 nitrogen and oxygen atoms in total. The molecule has 0 aromatic heterocycles. The Kier molecular flexibility index (Phi) is 2.91. The van der Waals surface area contributed by atoms with Gasteiger partial charge in [0.25, 0.3) is 0 Å². The number of carbonyl (C=O) groups is 1. The first kappa shape index (κ1) is 11.5. The van der Waals surface area contributed by atoms with Crippen LogP contribution in [-0.4, -0.2) is 41.0 Å². The van der Waals surface area contributed by atoms with Gasteiger partial charge in [0.1, 0.15) is 17.7 Å². The maximum absolute atomic E-state index is 11.1. The van der Waals surface area contributed by atoms with E-state index >= 15 is 0 Å². The molecular weight excluding hydrogens is 232 g/mol. The molecule has 0 bridgehead atoms. The molecule has 2 heterocycles. The Bertz CT molecular complexity index is 436. The third kappa shape index (κ3) is 1.84. The Morgan fingerprint density at radius 2 is 2.39 bits per heavy atom. The second-order valence-corrected chi connectivity index (χ2v) is 4.81. The maximum Gasteiger partial charge on any atom is 0.166 e. The summed E-state index contributed by atoms with van der Waals surface area (Å²) in [5, 5.41) is 15.7. The van der Waals surface area contributed by atoms with Gasteiger partial charge in [0.2, 0.25) is 0 Å². The van der Waals surface area contributed by atoms with Crippen LogP contribution < -0.4 is 0 Å². The summed E-state index contributed by atoms with van der Waals surface area (Å²) < 4.78 is 5.72. The Morgan fingerprint density at radius 1 is 1.50 bits per heavy atom. The molecule has 0 amide bonds. The highest BCUT2D eigenvalue weighted by atomic mass is 16.5. The number of ether oxygens (including phenoxy) is 1. The van der Waals surface area contributed by atoms with Crippen molar-refractivity contribution in [1.29, 1.82) is 0 Å². The number of aldehydes is 1. The van der Waals surface area contributed by atoms with Gasteiger partial charge in [0, 0.05) is 6.61 Å². The van der Waals surface area contributed by atoms with Crippen LogP contribution >= 0.6 is 0 Å². The molecule has 0 aromatic rings. The third-order valence-corrected chi connectivity index (χ3v) is 3.63. The first-order valence-electron chi connectivity index (χ1n) is 6.32. The zero-order chi connectivity index (χ0) is 12.5. The normalized spacial score (nSPS) is 34.9. The summed E-state index contributed by atoms with van der Waals surface area (Å²) in [6.45, 7) is 0.745. The maximum atomic E-state index is 11.1. The average molecular weight is 248 g/mol. The van der Waals surface area contributed by atoms with Crippen LogP contribution in [0.4, 0.5) is 0 Å². The van der Waals surface area contributed by atoms with Gasteiger partial charge < -0.3 is 9.84 Å². The van der Waals surface area contributed by atoms with Gasteiger partial charge in [-0.15, -0.1) is 0 Å². The van der Waals surface area contributed by atoms with E-state index in [0.29, 0.717) is 5.71 Å². The van der Waals surface area contributed by atoms with Crippen LogP contribution in [0.15, 0.2) is 29.1 Å². The number of carbonyl (C=O) groups excluding carboxylic acids is 1. The molecule has 18 heavy (non-hydrogen) atoms. The monoisotopic (exact) mass is 248 g/mol. The summed E-state index contributed by atoms with van der Waals surface area (Å²) in [5.41, 5.74) is 0.463. The number of aliphatic hydroxyl groups excluding tert-OH is 1. The fourth-order valence-electron chi connectivity index (χ4n) is 2.73. The first-order valence-corrected chi connectivity index (χ1v) is 6.32. The second-order valence-electron chi connectivity index (χ2n) is 4.81. The van der Waals surface area contributed by atoms with Crippen molar-refractivity contribution in [1.82, 2.24) is 5.01 Å². The van der Waals surface area contributed by atoms with Crippen molar-refractivity contribution < 1.29 is 14.6 Å². The highest BCUT2D eigenvalue weighted by Gasteiger charge is 2.40. The molecule has 2 aliphatic heterocycles. The highest BCUT2D eigenvalue weighted by molar-refractivity contribution is 6.30. The molecule has 0 aromatic carbocycles. The highest BCUT2D eigenvalue weighted by Crippen LogP contribution is 2.32. The number of nitrogens with zero attached hydrogens (tertiary/aromatic N) is 2. The number of rotatable bonds is 2. The van der Waals surface area contributed by atoms with Crippen molar-refractivity contribution in [3.63, 3.8) is 0 Å². The Hall–Kier alpha value is -1.62. The van der Waals surface area contributed by atoms with Crippen LogP contribution in [0, 0.1) is 5.92 Å². The number of hydrazone groups is 1. The molecule has 0 spiro atoms. The molecule has 3 aliphatic rings. The van der Waals surface area contributed by atoms with Crippen LogP contribution in [0.25, 0.3) is 0 Å². The van der Waals surface area contributed by atoms with E-state index in [0.717, 1.165) is 32.2 Å². The molecule has 3 atom stereocenters. The Balaban J connectivity index is 1.85. The van der Waals surface area contributed by atoms with E-state index in [4.69, 9.17) is 4.74 Å². The molecule has 1 aliphatic carbocycles. The predicted octanol–water partition coefficient (Wildman–Crippen LogP) is 1.38. The molecule has 1 fully saturated rings. The second kappa shape index (κ2) is 4.57. The lowest BCUT2D eigenvalue weighted by Gasteiger charge is -2.34. The zero-order valence-electron chi connectivity index (χ0n) is 10.0. The minimum atomic E-state index is -0.155. The van der Waals surface area contributed by atoms with Crippen molar-refractivity contribution in [3.05, 3.63) is 24.0 Å². The lowest BCUT2D eigenvalue weighted by molar-refractivity contribution is -0.102. The van der Waals surface area contributed by atoms with Gasteiger partial charge in [0.05, 0.1) is 12.0 Å². The zero-order valence-corrected chi connectivity index (χ0v) is 10.0. The van der Waals surface area contributed by atoms with E-state index in [1.54, 1.807) is 12.2 Å². The van der Waals surface area contributed by atoms with E-state index in [1.807, 2.05) is 11.1 Å². The fraction of sp³-hybridized carbons (Fsp3) is 0.538. The topological polar surface area (TPSA) is 62.1 Å². The molecule has 1 saturated heterocycles. The standard InChI is InChI=1S/C13H16N2O3/c16-8-11-10-7-9(17)4-5-12(10)15(14-11)13-3-1-2-6-18-13/h4-5,7-8,10,12-13,17H,1-3,6H2. The molecular formula is C13H16N2O3. The average Bonchev–Trinajstić information content (AvgIpc) is 2.77. The summed E-state index contributed by atoms with van der Waals surface area (Å²) in [7, 11) is 0. The Morgan fingerprint density at radius 3 is 3.11 bits per heavy atom. The van der Waals surface area contributed by atoms with Crippen molar-refractivity contribution in [2.45, 2.75) is 31.5 Å². The molecule has 3 unspecified atom stereocenters. The number of aliphatic hydroxyl groups is 1. The molecule has 96 valence electrons. The van der Waals surface area contributed by atoms with E-state index in [9.17, 15) is 9.90 Å². The minimum absolute atomic E-state index is 0.0100. The van der Waals surface area contributed by atoms with Gasteiger partial charge in [-0.05, 0) is 31.4 Å². The van der Waals surface area contributed by atoms with Crippen LogP contribution in [-0.2, 0) is 9.53 Å². The van der Waals surface area contributed by atoms with Crippen LogP contribution in [0.1, 0.15) is 19.3 Å². The molecule has 0 radical (unpaired) electrons. The SMILES string of the molecule is O=CC1=NN(C2CCCCO2)C2C=CC(O)=CC12. The summed E-state index contributed by atoms with van der Waals surface area (Å²) in [5.74, 6) is 0.0373. The number of allylic oxidation sites excluding steroid dienone is 1. The van der Waals surface area contributed by atoms with Gasteiger partial charge in [-0.1, -0.05) is 6.08 Å². The van der Waals surface area contributed by atoms with Crippen molar-refractivity contribution in [3.8, 4) is 0 Å². The van der Waals surface area contributed by atoms with Crippen molar-refractivity contribution in [2.75, 3.05) is 6.61 Å². The predicted molar refractivity (Wildman–Crippen MR) is 66.1 cm³/mol. The summed E-state index contributed by atoms with van der Waals surface area (Å²) in [6, 6.07) is -0.0100. The van der Waals surface area contributed by atoms with Crippen molar-refractivity contribution >= 4 is 12.0 Å². The van der Waals surface area contributed by atoms with Crippen LogP contribution in [0.3, 0.4) is 0 Å². The van der Waals surface area contributed by atoms with Crippen LogP contribution in [0.2, 0.25) is 0 Å². The fourth-order valence-corrected chi connectivity index (χ4v) is 2.73.